The molecule has 13 heteroatoms. The summed E-state index contributed by atoms with van der Waals surface area (Å²) >= 11 is 0. The first kappa shape index (κ1) is 29.8. The number of allylic oxidation sites excluding steroid dienone is 5. The Labute approximate surface area is 256 Å². The molecule has 7 aliphatic rings. The third kappa shape index (κ3) is 6.16. The second-order valence-electron chi connectivity index (χ2n) is 13.1. The van der Waals surface area contributed by atoms with E-state index in [2.05, 4.69) is 22.3 Å². The molecule has 4 saturated heterocycles. The Bertz CT molecular complexity index is 1260. The van der Waals surface area contributed by atoms with Gasteiger partial charge in [0.25, 0.3) is 6.29 Å². The minimum absolute atomic E-state index is 0.0205. The first-order chi connectivity index (χ1) is 21.3. The fourth-order valence-corrected chi connectivity index (χ4v) is 7.62. The van der Waals surface area contributed by atoms with Crippen LogP contribution in [0.25, 0.3) is 0 Å². The summed E-state index contributed by atoms with van der Waals surface area (Å²) < 4.78 is 31.5. The molecule has 12 nitrogen and oxygen atoms in total. The number of likely N-dealkylation sites (tertiary alicyclic amines) is 1. The van der Waals surface area contributed by atoms with Gasteiger partial charge in [-0.3, -0.25) is 20.2 Å². The Morgan fingerprint density at radius 3 is 2.80 bits per heavy atom. The lowest BCUT2D eigenvalue weighted by Crippen LogP contribution is -2.68. The molecule has 7 rings (SSSR count). The van der Waals surface area contributed by atoms with Crippen LogP contribution in [0.5, 0.6) is 0 Å². The lowest BCUT2D eigenvalue weighted by molar-refractivity contribution is -0.428. The van der Waals surface area contributed by atoms with Crippen molar-refractivity contribution in [2.45, 2.75) is 108 Å². The van der Waals surface area contributed by atoms with Crippen LogP contribution in [0.4, 0.5) is 4.39 Å². The molecule has 4 fully saturated rings. The quantitative estimate of drug-likeness (QED) is 0.236. The summed E-state index contributed by atoms with van der Waals surface area (Å²) in [6, 6.07) is 0.0205. The Balaban J connectivity index is 0.870. The summed E-state index contributed by atoms with van der Waals surface area (Å²) in [6.07, 6.45) is 8.68. The number of halogens is 1. The highest BCUT2D eigenvalue weighted by molar-refractivity contribution is 6.03. The van der Waals surface area contributed by atoms with E-state index in [1.807, 2.05) is 11.0 Å². The van der Waals surface area contributed by atoms with E-state index in [1.54, 1.807) is 6.08 Å². The summed E-state index contributed by atoms with van der Waals surface area (Å²) in [5, 5.41) is 19.0. The van der Waals surface area contributed by atoms with Crippen molar-refractivity contribution in [2.75, 3.05) is 26.2 Å². The van der Waals surface area contributed by atoms with Crippen LogP contribution in [0.2, 0.25) is 0 Å². The van der Waals surface area contributed by atoms with E-state index in [0.29, 0.717) is 43.9 Å². The van der Waals surface area contributed by atoms with Gasteiger partial charge in [-0.15, -0.1) is 0 Å². The van der Waals surface area contributed by atoms with Crippen LogP contribution in [0.1, 0.15) is 64.7 Å². The summed E-state index contributed by atoms with van der Waals surface area (Å²) in [5.41, 5.74) is 2.31. The molecule has 0 aromatic heterocycles. The molecule has 5 heterocycles. The molecule has 2 aliphatic carbocycles. The fourth-order valence-electron chi connectivity index (χ4n) is 7.62. The zero-order chi connectivity index (χ0) is 30.4. The van der Waals surface area contributed by atoms with Gasteiger partial charge in [-0.1, -0.05) is 11.2 Å². The molecule has 1 amide bonds. The number of alkyl halides is 1. The molecule has 0 spiro atoms. The highest BCUT2D eigenvalue weighted by atomic mass is 19.1. The monoisotopic (exact) mass is 615 g/mol. The number of oxime groups is 1. The van der Waals surface area contributed by atoms with Gasteiger partial charge < -0.3 is 28.8 Å². The van der Waals surface area contributed by atoms with Crippen molar-refractivity contribution in [3.05, 3.63) is 45.4 Å². The topological polar surface area (TPSA) is 131 Å². The zero-order valence-electron chi connectivity index (χ0n) is 25.1. The third-order valence-electron chi connectivity index (χ3n) is 10.2. The van der Waals surface area contributed by atoms with E-state index in [-0.39, 0.29) is 46.9 Å². The van der Waals surface area contributed by atoms with Crippen molar-refractivity contribution in [3.63, 3.8) is 0 Å². The standard InChI is InChI=1S/C31H42FN5O7/c1-18-23(12-16-35-14-10-19(11-15-35)27-24-9-4-20(32)17-26(24)44-34-27)29(38)36-13-2-3-25(28(36)33-18)42-31-30(43-31)41-22-7-5-21(6-8-22)37(39)40/h5,7,9,18-20,23,25-26,28,30-31,33H,2-4,6,8,10-17H2,1H3/t18-,20+,23?,25+,26?,28-,30-,31+/m1/s1. The smallest absolute Gasteiger partial charge is 0.253 e. The number of rotatable bonds is 9. The van der Waals surface area contributed by atoms with Gasteiger partial charge in [-0.2, -0.15) is 0 Å². The zero-order valence-corrected chi connectivity index (χ0v) is 25.1. The molecule has 5 aliphatic heterocycles. The van der Waals surface area contributed by atoms with Crippen molar-refractivity contribution in [3.8, 4) is 0 Å². The minimum Gasteiger partial charge on any atom is -0.464 e. The average molecular weight is 616 g/mol. The van der Waals surface area contributed by atoms with E-state index < -0.39 is 18.8 Å². The van der Waals surface area contributed by atoms with Crippen molar-refractivity contribution in [1.29, 1.82) is 0 Å². The summed E-state index contributed by atoms with van der Waals surface area (Å²) in [6.45, 7) is 5.57. The second kappa shape index (κ2) is 12.5. The van der Waals surface area contributed by atoms with Crippen molar-refractivity contribution >= 4 is 11.6 Å². The molecule has 2 unspecified atom stereocenters. The number of nitrogens with zero attached hydrogens (tertiary/aromatic N) is 4. The normalized spacial score (nSPS) is 37.6. The maximum absolute atomic E-state index is 13.8. The number of epoxide rings is 1. The van der Waals surface area contributed by atoms with Crippen LogP contribution in [-0.2, 0) is 23.8 Å². The van der Waals surface area contributed by atoms with Gasteiger partial charge in [0.2, 0.25) is 17.9 Å². The molecule has 0 aromatic rings. The van der Waals surface area contributed by atoms with Crippen molar-refractivity contribution in [1.82, 2.24) is 15.1 Å². The van der Waals surface area contributed by atoms with E-state index >= 15 is 0 Å². The Morgan fingerprint density at radius 1 is 1.18 bits per heavy atom. The number of carbonyl (C=O) groups excluding carboxylic acids is 1. The Hall–Kier alpha value is -2.87. The van der Waals surface area contributed by atoms with Crippen LogP contribution in [0.15, 0.2) is 40.4 Å². The number of hydrogen-bond donors (Lipinski definition) is 1. The SMILES string of the molecule is C[C@H]1N[C@H]2[C@@H](O[C@H]3O[C@H]3OC3=CC=C([N+](=O)[O-])CC3)CCCN2C(=O)C1CCN1CCC(C2=NOC3C[C@@H](F)CC=C23)CC1. The first-order valence-corrected chi connectivity index (χ1v) is 16.2. The lowest BCUT2D eigenvalue weighted by atomic mass is 9.83. The molecule has 0 radical (unpaired) electrons. The molecular formula is C31H42FN5O7. The van der Waals surface area contributed by atoms with E-state index in [0.717, 1.165) is 63.0 Å². The maximum Gasteiger partial charge on any atom is 0.253 e. The van der Waals surface area contributed by atoms with Gasteiger partial charge in [-0.05, 0) is 71.2 Å². The molecule has 240 valence electrons. The summed E-state index contributed by atoms with van der Waals surface area (Å²) in [4.78, 5) is 34.2. The molecule has 0 bridgehead atoms. The van der Waals surface area contributed by atoms with Crippen molar-refractivity contribution < 1.29 is 33.2 Å². The summed E-state index contributed by atoms with van der Waals surface area (Å²) in [5.74, 6) is 1.09. The van der Waals surface area contributed by atoms with Crippen LogP contribution in [0.3, 0.4) is 0 Å². The number of piperidine rings is 2. The highest BCUT2D eigenvalue weighted by Crippen LogP contribution is 2.37. The predicted molar refractivity (Wildman–Crippen MR) is 156 cm³/mol. The largest absolute Gasteiger partial charge is 0.464 e. The van der Waals surface area contributed by atoms with Crippen LogP contribution < -0.4 is 5.32 Å². The van der Waals surface area contributed by atoms with Gasteiger partial charge in [0.1, 0.15) is 18.1 Å². The highest BCUT2D eigenvalue weighted by Gasteiger charge is 2.50. The number of carbonyl (C=O) groups is 1. The Morgan fingerprint density at radius 2 is 2.02 bits per heavy atom. The van der Waals surface area contributed by atoms with Gasteiger partial charge in [0, 0.05) is 49.4 Å². The minimum atomic E-state index is -0.837. The second-order valence-corrected chi connectivity index (χ2v) is 13.1. The molecule has 8 atom stereocenters. The van der Waals surface area contributed by atoms with Gasteiger partial charge in [-0.25, -0.2) is 4.39 Å². The lowest BCUT2D eigenvalue weighted by Gasteiger charge is -2.49. The Kier molecular flexibility index (Phi) is 8.47. The molecular weight excluding hydrogens is 573 g/mol. The van der Waals surface area contributed by atoms with Gasteiger partial charge >= 0.3 is 0 Å². The van der Waals surface area contributed by atoms with Crippen molar-refractivity contribution in [2.24, 2.45) is 17.0 Å². The van der Waals surface area contributed by atoms with Crippen LogP contribution in [0, 0.1) is 22.0 Å². The average Bonchev–Trinajstić information content (AvgIpc) is 3.60. The number of fused-ring (bicyclic) bond motifs is 2. The van der Waals surface area contributed by atoms with Gasteiger partial charge in [0.15, 0.2) is 6.10 Å². The van der Waals surface area contributed by atoms with Crippen LogP contribution >= 0.6 is 0 Å². The molecule has 0 aromatic carbocycles. The number of ether oxygens (including phenoxy) is 3. The number of amides is 1. The van der Waals surface area contributed by atoms with Gasteiger partial charge in [0.05, 0.1) is 22.7 Å². The molecule has 44 heavy (non-hydrogen) atoms. The number of nitrogens with one attached hydrogen (secondary N) is 1. The fraction of sp³-hybridized carbons (Fsp3) is 0.742. The predicted octanol–water partition coefficient (Wildman–Crippen LogP) is 3.38. The number of hydrogen-bond acceptors (Lipinski definition) is 10. The molecule has 1 N–H and O–H groups in total. The van der Waals surface area contributed by atoms with E-state index in [1.165, 1.54) is 6.08 Å². The van der Waals surface area contributed by atoms with Crippen LogP contribution in [-0.4, -0.2) is 95.7 Å². The van der Waals surface area contributed by atoms with E-state index in [9.17, 15) is 19.3 Å². The summed E-state index contributed by atoms with van der Waals surface area (Å²) in [7, 11) is 0. The first-order valence-electron chi connectivity index (χ1n) is 16.2. The number of nitro groups is 1. The third-order valence-corrected chi connectivity index (χ3v) is 10.2. The van der Waals surface area contributed by atoms with E-state index in [4.69, 9.17) is 19.0 Å². The maximum atomic E-state index is 13.8. The molecule has 0 saturated carbocycles.